The lowest BCUT2D eigenvalue weighted by molar-refractivity contribution is -0.140. The van der Waals surface area contributed by atoms with Crippen LogP contribution >= 0.6 is 11.6 Å². The molecule has 1 N–H and O–H groups in total. The van der Waals surface area contributed by atoms with Gasteiger partial charge in [-0.3, -0.25) is 0 Å². The molecule has 1 aromatic rings. The first-order valence-electron chi connectivity index (χ1n) is 4.77. The maximum atomic E-state index is 11.0. The zero-order valence-electron chi connectivity index (χ0n) is 8.55. The lowest BCUT2D eigenvalue weighted by atomic mass is 10.0. The number of benzene rings is 1. The number of aliphatic carboxylic acids is 1. The SMILES string of the molecule is CC1=NC(C(=O)O)C(c2cccc(Cl)c2)O1. The van der Waals surface area contributed by atoms with Crippen molar-refractivity contribution in [3.8, 4) is 0 Å². The van der Waals surface area contributed by atoms with Crippen molar-refractivity contribution in [3.63, 3.8) is 0 Å². The van der Waals surface area contributed by atoms with Crippen LogP contribution in [0, 0.1) is 0 Å². The fourth-order valence-electron chi connectivity index (χ4n) is 1.66. The van der Waals surface area contributed by atoms with Crippen molar-refractivity contribution in [1.82, 2.24) is 0 Å². The Hall–Kier alpha value is -1.55. The maximum Gasteiger partial charge on any atom is 0.332 e. The summed E-state index contributed by atoms with van der Waals surface area (Å²) in [5.74, 6) is -0.612. The number of rotatable bonds is 2. The number of halogens is 1. The van der Waals surface area contributed by atoms with Crippen LogP contribution in [0.1, 0.15) is 18.6 Å². The van der Waals surface area contributed by atoms with Crippen LogP contribution in [-0.4, -0.2) is 23.0 Å². The number of carboxylic acid groups (broad SMARTS) is 1. The van der Waals surface area contributed by atoms with E-state index < -0.39 is 18.1 Å². The number of hydrogen-bond acceptors (Lipinski definition) is 3. The first-order chi connectivity index (χ1) is 7.58. The lowest BCUT2D eigenvalue weighted by Crippen LogP contribution is -2.23. The van der Waals surface area contributed by atoms with E-state index in [2.05, 4.69) is 4.99 Å². The molecule has 1 aliphatic heterocycles. The predicted octanol–water partition coefficient (Wildman–Crippen LogP) is 2.28. The third-order valence-corrected chi connectivity index (χ3v) is 2.57. The first-order valence-corrected chi connectivity index (χ1v) is 5.15. The van der Waals surface area contributed by atoms with Gasteiger partial charge >= 0.3 is 5.97 Å². The first kappa shape index (κ1) is 11.0. The fraction of sp³-hybridized carbons (Fsp3) is 0.273. The Labute approximate surface area is 97.5 Å². The summed E-state index contributed by atoms with van der Waals surface area (Å²) in [5, 5.41) is 9.56. The van der Waals surface area contributed by atoms with E-state index in [9.17, 15) is 4.79 Å². The monoisotopic (exact) mass is 239 g/mol. The molecule has 2 rings (SSSR count). The van der Waals surface area contributed by atoms with Crippen LogP contribution in [0.3, 0.4) is 0 Å². The normalized spacial score (nSPS) is 23.8. The molecule has 0 aliphatic carbocycles. The van der Waals surface area contributed by atoms with Crippen LogP contribution in [0.4, 0.5) is 0 Å². The zero-order chi connectivity index (χ0) is 11.7. The number of nitrogens with zero attached hydrogens (tertiary/aromatic N) is 1. The third kappa shape index (κ3) is 2.02. The van der Waals surface area contributed by atoms with Gasteiger partial charge in [-0.1, -0.05) is 23.7 Å². The highest BCUT2D eigenvalue weighted by atomic mass is 35.5. The average molecular weight is 240 g/mol. The highest BCUT2D eigenvalue weighted by Gasteiger charge is 2.36. The van der Waals surface area contributed by atoms with Crippen LogP contribution in [0.15, 0.2) is 29.3 Å². The second-order valence-corrected chi connectivity index (χ2v) is 3.96. The van der Waals surface area contributed by atoms with Gasteiger partial charge in [0.05, 0.1) is 0 Å². The second-order valence-electron chi connectivity index (χ2n) is 3.52. The van der Waals surface area contributed by atoms with Crippen molar-refractivity contribution >= 4 is 23.5 Å². The maximum absolute atomic E-state index is 11.0. The fourth-order valence-corrected chi connectivity index (χ4v) is 1.86. The molecule has 0 aromatic heterocycles. The van der Waals surface area contributed by atoms with Gasteiger partial charge in [0.2, 0.25) is 0 Å². The molecule has 84 valence electrons. The number of hydrogen-bond donors (Lipinski definition) is 1. The molecule has 1 aliphatic rings. The summed E-state index contributed by atoms with van der Waals surface area (Å²) < 4.78 is 5.39. The molecule has 4 nitrogen and oxygen atoms in total. The summed E-state index contributed by atoms with van der Waals surface area (Å²) in [6.45, 7) is 1.64. The van der Waals surface area contributed by atoms with E-state index in [1.54, 1.807) is 31.2 Å². The summed E-state index contributed by atoms with van der Waals surface area (Å²) in [6, 6.07) is 6.06. The Morgan fingerprint density at radius 2 is 2.31 bits per heavy atom. The quantitative estimate of drug-likeness (QED) is 0.861. The Morgan fingerprint density at radius 3 is 2.94 bits per heavy atom. The standard InChI is InChI=1S/C11H10ClNO3/c1-6-13-9(11(14)15)10(16-6)7-3-2-4-8(12)5-7/h2-5,9-10H,1H3,(H,14,15). The van der Waals surface area contributed by atoms with Gasteiger partial charge < -0.3 is 9.84 Å². The van der Waals surface area contributed by atoms with E-state index in [-0.39, 0.29) is 0 Å². The molecule has 0 spiro atoms. The van der Waals surface area contributed by atoms with Gasteiger partial charge in [-0.2, -0.15) is 0 Å². The molecule has 1 aromatic carbocycles. The number of carboxylic acids is 1. The molecule has 0 amide bonds. The van der Waals surface area contributed by atoms with Crippen molar-refractivity contribution < 1.29 is 14.6 Å². The molecule has 0 radical (unpaired) electrons. The van der Waals surface area contributed by atoms with Crippen LogP contribution < -0.4 is 0 Å². The van der Waals surface area contributed by atoms with Crippen LogP contribution in [0.2, 0.25) is 5.02 Å². The van der Waals surface area contributed by atoms with Gasteiger partial charge in [-0.15, -0.1) is 0 Å². The molecule has 0 saturated heterocycles. The molecule has 0 saturated carbocycles. The highest BCUT2D eigenvalue weighted by Crippen LogP contribution is 2.30. The summed E-state index contributed by atoms with van der Waals surface area (Å²) in [4.78, 5) is 14.9. The summed E-state index contributed by atoms with van der Waals surface area (Å²) >= 11 is 5.85. The third-order valence-electron chi connectivity index (χ3n) is 2.34. The van der Waals surface area contributed by atoms with Gasteiger partial charge in [0, 0.05) is 11.9 Å². The zero-order valence-corrected chi connectivity index (χ0v) is 9.31. The molecule has 16 heavy (non-hydrogen) atoms. The van der Waals surface area contributed by atoms with E-state index in [0.29, 0.717) is 10.9 Å². The lowest BCUT2D eigenvalue weighted by Gasteiger charge is -2.14. The van der Waals surface area contributed by atoms with E-state index in [1.807, 2.05) is 0 Å². The topological polar surface area (TPSA) is 58.9 Å². The smallest absolute Gasteiger partial charge is 0.332 e. The van der Waals surface area contributed by atoms with Crippen molar-refractivity contribution in [3.05, 3.63) is 34.9 Å². The van der Waals surface area contributed by atoms with Crippen molar-refractivity contribution in [1.29, 1.82) is 0 Å². The van der Waals surface area contributed by atoms with E-state index in [0.717, 1.165) is 5.56 Å². The predicted molar refractivity (Wildman–Crippen MR) is 59.8 cm³/mol. The second kappa shape index (κ2) is 4.14. The molecule has 0 bridgehead atoms. The number of carbonyl (C=O) groups is 1. The van der Waals surface area contributed by atoms with Crippen molar-refractivity contribution in [2.45, 2.75) is 19.1 Å². The minimum Gasteiger partial charge on any atom is -0.480 e. The molecule has 5 heteroatoms. The van der Waals surface area contributed by atoms with Gasteiger partial charge in [-0.05, 0) is 17.7 Å². The van der Waals surface area contributed by atoms with Crippen molar-refractivity contribution in [2.24, 2.45) is 4.99 Å². The Balaban J connectivity index is 2.32. The number of aliphatic imine (C=N–C) groups is 1. The largest absolute Gasteiger partial charge is 0.480 e. The van der Waals surface area contributed by atoms with Gasteiger partial charge in [0.1, 0.15) is 0 Å². The summed E-state index contributed by atoms with van der Waals surface area (Å²) in [5.41, 5.74) is 0.723. The summed E-state index contributed by atoms with van der Waals surface area (Å²) in [6.07, 6.45) is -0.587. The van der Waals surface area contributed by atoms with Crippen molar-refractivity contribution in [2.75, 3.05) is 0 Å². The molecular weight excluding hydrogens is 230 g/mol. The van der Waals surface area contributed by atoms with Gasteiger partial charge in [0.25, 0.3) is 0 Å². The minimum absolute atomic E-state index is 0.386. The molecule has 2 unspecified atom stereocenters. The average Bonchev–Trinajstić information content (AvgIpc) is 2.60. The van der Waals surface area contributed by atoms with Gasteiger partial charge in [-0.25, -0.2) is 9.79 Å². The van der Waals surface area contributed by atoms with E-state index in [1.165, 1.54) is 0 Å². The van der Waals surface area contributed by atoms with E-state index in [4.69, 9.17) is 21.4 Å². The van der Waals surface area contributed by atoms with E-state index >= 15 is 0 Å². The summed E-state index contributed by atoms with van der Waals surface area (Å²) in [7, 11) is 0. The number of ether oxygens (including phenoxy) is 1. The molecule has 1 heterocycles. The molecular formula is C11H10ClNO3. The highest BCUT2D eigenvalue weighted by molar-refractivity contribution is 6.30. The Morgan fingerprint density at radius 1 is 1.56 bits per heavy atom. The van der Waals surface area contributed by atoms with Crippen LogP contribution in [0.25, 0.3) is 0 Å². The van der Waals surface area contributed by atoms with Gasteiger partial charge in [0.15, 0.2) is 18.0 Å². The van der Waals surface area contributed by atoms with Crippen LogP contribution in [0.5, 0.6) is 0 Å². The molecule has 2 atom stereocenters. The van der Waals surface area contributed by atoms with Crippen LogP contribution in [-0.2, 0) is 9.53 Å². The Kier molecular flexibility index (Phi) is 2.83. The Bertz CT molecular complexity index is 458. The molecule has 0 fully saturated rings. The minimum atomic E-state index is -0.998.